The van der Waals surface area contributed by atoms with Crippen LogP contribution in [0.25, 0.3) is 11.1 Å². The van der Waals surface area contributed by atoms with Gasteiger partial charge in [0.2, 0.25) is 0 Å². The molecule has 2 aliphatic rings. The lowest BCUT2D eigenvalue weighted by molar-refractivity contribution is 0.426. The number of benzene rings is 2. The molecule has 0 amide bonds. The molecule has 2 aromatic carbocycles. The lowest BCUT2D eigenvalue weighted by Gasteiger charge is -2.16. The first-order chi connectivity index (χ1) is 11.3. The van der Waals surface area contributed by atoms with Crippen LogP contribution in [0, 0.1) is 0 Å². The molecule has 2 nitrogen and oxygen atoms in total. The van der Waals surface area contributed by atoms with Crippen LogP contribution in [0.1, 0.15) is 49.7 Å². The largest absolute Gasteiger partial charge is 0.489 e. The Kier molecular flexibility index (Phi) is 5.53. The van der Waals surface area contributed by atoms with E-state index in [2.05, 4.69) is 18.2 Å². The van der Waals surface area contributed by atoms with E-state index in [0.29, 0.717) is 5.46 Å². The van der Waals surface area contributed by atoms with E-state index in [1.807, 2.05) is 18.2 Å². The van der Waals surface area contributed by atoms with Gasteiger partial charge in [-0.25, -0.2) is 0 Å². The third-order valence-electron chi connectivity index (χ3n) is 4.86. The van der Waals surface area contributed by atoms with Crippen LogP contribution >= 0.6 is 0 Å². The molecule has 23 heavy (non-hydrogen) atoms. The number of hydrogen-bond donors (Lipinski definition) is 2. The Morgan fingerprint density at radius 3 is 2.17 bits per heavy atom. The van der Waals surface area contributed by atoms with Crippen molar-refractivity contribution in [2.45, 2.75) is 51.4 Å². The Morgan fingerprint density at radius 1 is 0.696 bits per heavy atom. The highest BCUT2D eigenvalue weighted by molar-refractivity contribution is 6.60. The molecular weight excluding hydrogens is 283 g/mol. The third-order valence-corrected chi connectivity index (χ3v) is 4.86. The summed E-state index contributed by atoms with van der Waals surface area (Å²) in [5.74, 6) is 0. The van der Waals surface area contributed by atoms with E-state index in [4.69, 9.17) is 0 Å². The fourth-order valence-corrected chi connectivity index (χ4v) is 3.57. The molecule has 0 unspecified atom stereocenters. The van der Waals surface area contributed by atoms with E-state index in [-0.39, 0.29) is 0 Å². The van der Waals surface area contributed by atoms with Crippen molar-refractivity contribution in [1.82, 2.24) is 0 Å². The minimum atomic E-state index is -1.43. The van der Waals surface area contributed by atoms with E-state index in [9.17, 15) is 10.0 Å². The molecule has 0 heterocycles. The van der Waals surface area contributed by atoms with Crippen molar-refractivity contribution in [3.8, 4) is 11.1 Å². The molecule has 0 spiro atoms. The van der Waals surface area contributed by atoms with Crippen LogP contribution in [0.4, 0.5) is 0 Å². The van der Waals surface area contributed by atoms with Gasteiger partial charge in [0.1, 0.15) is 0 Å². The Balaban J connectivity index is 2.04. The van der Waals surface area contributed by atoms with Crippen LogP contribution in [0.5, 0.6) is 0 Å². The van der Waals surface area contributed by atoms with Crippen LogP contribution in [0.3, 0.4) is 0 Å². The van der Waals surface area contributed by atoms with Crippen molar-refractivity contribution in [2.24, 2.45) is 0 Å². The normalized spacial score (nSPS) is 15.7. The smallest absolute Gasteiger partial charge is 0.423 e. The Morgan fingerprint density at radius 2 is 1.39 bits per heavy atom. The van der Waals surface area contributed by atoms with Gasteiger partial charge in [0, 0.05) is 0 Å². The van der Waals surface area contributed by atoms with Gasteiger partial charge in [-0.2, -0.15) is 0 Å². The molecular formula is C20H25BO2. The molecule has 4 rings (SSSR count). The van der Waals surface area contributed by atoms with Gasteiger partial charge in [0.25, 0.3) is 0 Å². The Labute approximate surface area is 139 Å². The molecule has 0 saturated heterocycles. The second-order valence-electron chi connectivity index (χ2n) is 6.57. The molecule has 2 bridgehead atoms. The van der Waals surface area contributed by atoms with E-state index in [1.54, 1.807) is 6.07 Å². The molecule has 0 saturated carbocycles. The van der Waals surface area contributed by atoms with Crippen molar-refractivity contribution in [2.75, 3.05) is 0 Å². The van der Waals surface area contributed by atoms with Crippen LogP contribution in [-0.2, 0) is 12.8 Å². The molecule has 0 atom stereocenters. The zero-order chi connectivity index (χ0) is 16.1. The maximum atomic E-state index is 9.71. The van der Waals surface area contributed by atoms with E-state index >= 15 is 0 Å². The highest BCUT2D eigenvalue weighted by Gasteiger charge is 2.18. The van der Waals surface area contributed by atoms with Crippen LogP contribution in [0.15, 0.2) is 42.5 Å². The second-order valence-corrected chi connectivity index (χ2v) is 6.57. The van der Waals surface area contributed by atoms with Crippen molar-refractivity contribution in [3.63, 3.8) is 0 Å². The Bertz CT molecular complexity index is 652. The monoisotopic (exact) mass is 308 g/mol. The van der Waals surface area contributed by atoms with Crippen molar-refractivity contribution in [1.29, 1.82) is 0 Å². The average Bonchev–Trinajstić information content (AvgIpc) is 2.55. The van der Waals surface area contributed by atoms with Gasteiger partial charge >= 0.3 is 7.12 Å². The average molecular weight is 308 g/mol. The SMILES string of the molecule is OB(O)c1ccccc1-c1cc2ccc1CCCCCCCC2. The van der Waals surface area contributed by atoms with Crippen molar-refractivity contribution >= 4 is 12.6 Å². The van der Waals surface area contributed by atoms with E-state index in [0.717, 1.165) is 18.4 Å². The lowest BCUT2D eigenvalue weighted by atomic mass is 9.74. The molecule has 0 radical (unpaired) electrons. The van der Waals surface area contributed by atoms with Gasteiger partial charge < -0.3 is 10.0 Å². The topological polar surface area (TPSA) is 40.5 Å². The predicted molar refractivity (Wildman–Crippen MR) is 96.8 cm³/mol. The number of fused-ring (bicyclic) bond motifs is 9. The Hall–Kier alpha value is -1.58. The lowest BCUT2D eigenvalue weighted by Crippen LogP contribution is -2.31. The molecule has 0 aliphatic heterocycles. The summed E-state index contributed by atoms with van der Waals surface area (Å²) in [5, 5.41) is 19.4. The van der Waals surface area contributed by atoms with E-state index < -0.39 is 7.12 Å². The molecule has 2 aromatic rings. The zero-order valence-electron chi connectivity index (χ0n) is 13.7. The highest BCUT2D eigenvalue weighted by Crippen LogP contribution is 2.27. The summed E-state index contributed by atoms with van der Waals surface area (Å²) >= 11 is 0. The third kappa shape index (κ3) is 4.04. The maximum absolute atomic E-state index is 9.71. The van der Waals surface area contributed by atoms with Gasteiger partial charge in [0.15, 0.2) is 0 Å². The second kappa shape index (κ2) is 7.80. The molecule has 3 heteroatoms. The van der Waals surface area contributed by atoms with Crippen molar-refractivity contribution in [3.05, 3.63) is 53.6 Å². The maximum Gasteiger partial charge on any atom is 0.489 e. The molecule has 0 aromatic heterocycles. The van der Waals surface area contributed by atoms with Gasteiger partial charge in [-0.3, -0.25) is 0 Å². The number of rotatable bonds is 2. The fourth-order valence-electron chi connectivity index (χ4n) is 3.57. The molecule has 0 fully saturated rings. The number of hydrogen-bond acceptors (Lipinski definition) is 2. The summed E-state index contributed by atoms with van der Waals surface area (Å²) < 4.78 is 0. The minimum absolute atomic E-state index is 0.595. The van der Waals surface area contributed by atoms with Crippen LogP contribution < -0.4 is 5.46 Å². The summed E-state index contributed by atoms with van der Waals surface area (Å²) in [7, 11) is -1.43. The summed E-state index contributed by atoms with van der Waals surface area (Å²) in [4.78, 5) is 0. The summed E-state index contributed by atoms with van der Waals surface area (Å²) in [6.45, 7) is 0. The van der Waals surface area contributed by atoms with Crippen LogP contribution in [0.2, 0.25) is 0 Å². The fraction of sp³-hybridized carbons (Fsp3) is 0.400. The van der Waals surface area contributed by atoms with Gasteiger partial charge in [-0.05, 0) is 53.4 Å². The number of aryl methyl sites for hydroxylation is 2. The summed E-state index contributed by atoms with van der Waals surface area (Å²) in [5.41, 5.74) is 5.40. The van der Waals surface area contributed by atoms with E-state index in [1.165, 1.54) is 55.2 Å². The highest BCUT2D eigenvalue weighted by atomic mass is 16.4. The molecule has 2 N–H and O–H groups in total. The minimum Gasteiger partial charge on any atom is -0.423 e. The quantitative estimate of drug-likeness (QED) is 0.834. The first kappa shape index (κ1) is 16.3. The van der Waals surface area contributed by atoms with Gasteiger partial charge in [0.05, 0.1) is 0 Å². The standard InChI is InChI=1S/C20H25BO2/c22-21(23)20-12-8-7-11-18(20)19-15-16-9-5-3-1-2-4-6-10-17(19)14-13-16/h7-8,11-15,22-23H,1-6,9-10H2. The summed E-state index contributed by atoms with van der Waals surface area (Å²) in [6.07, 6.45) is 9.89. The molecule has 2 aliphatic carbocycles. The first-order valence-corrected chi connectivity index (χ1v) is 8.83. The predicted octanol–water partition coefficient (Wildman–Crippen LogP) is 3.47. The zero-order valence-corrected chi connectivity index (χ0v) is 13.7. The summed E-state index contributed by atoms with van der Waals surface area (Å²) in [6, 6.07) is 14.4. The van der Waals surface area contributed by atoms with Crippen molar-refractivity contribution < 1.29 is 10.0 Å². The van der Waals surface area contributed by atoms with Crippen LogP contribution in [-0.4, -0.2) is 17.2 Å². The molecule has 120 valence electrons. The van der Waals surface area contributed by atoms with Gasteiger partial charge in [-0.15, -0.1) is 0 Å². The van der Waals surface area contributed by atoms with Gasteiger partial charge in [-0.1, -0.05) is 68.1 Å². The first-order valence-electron chi connectivity index (χ1n) is 8.83.